The number of fused-ring (bicyclic) bond motifs is 1. The minimum absolute atomic E-state index is 0.272. The van der Waals surface area contributed by atoms with E-state index in [1.807, 2.05) is 16.7 Å². The Morgan fingerprint density at radius 2 is 1.29 bits per heavy atom. The largest absolute Gasteiger partial charge is 0.494 e. The van der Waals surface area contributed by atoms with Gasteiger partial charge in [0, 0.05) is 45.0 Å². The third-order valence-electron chi connectivity index (χ3n) is 7.85. The van der Waals surface area contributed by atoms with Gasteiger partial charge in [0.15, 0.2) is 0 Å². The van der Waals surface area contributed by atoms with Crippen LogP contribution < -0.4 is 15.3 Å². The molecular formula is C34H36FN5O. The molecule has 1 saturated heterocycles. The number of ether oxygens (including phenoxy) is 1. The quantitative estimate of drug-likeness (QED) is 0.221. The molecule has 210 valence electrons. The van der Waals surface area contributed by atoms with Gasteiger partial charge in [-0.3, -0.25) is 10.3 Å². The van der Waals surface area contributed by atoms with Gasteiger partial charge in [-0.05, 0) is 66.1 Å². The summed E-state index contributed by atoms with van der Waals surface area (Å²) in [6.07, 6.45) is 0.745. The van der Waals surface area contributed by atoms with Crippen LogP contribution in [-0.4, -0.2) is 46.8 Å². The van der Waals surface area contributed by atoms with Gasteiger partial charge in [-0.15, -0.1) is 0 Å². The summed E-state index contributed by atoms with van der Waals surface area (Å²) in [5, 5.41) is 8.98. The molecule has 0 unspecified atom stereocenters. The summed E-state index contributed by atoms with van der Waals surface area (Å²) in [7, 11) is 0. The molecule has 1 aliphatic heterocycles. The van der Waals surface area contributed by atoms with Gasteiger partial charge >= 0.3 is 0 Å². The molecule has 1 aliphatic rings. The van der Waals surface area contributed by atoms with Crippen molar-refractivity contribution >= 4 is 16.7 Å². The van der Waals surface area contributed by atoms with Gasteiger partial charge in [-0.25, -0.2) is 4.39 Å². The smallest absolute Gasteiger partial charge is 0.203 e. The normalized spacial score (nSPS) is 14.0. The van der Waals surface area contributed by atoms with Crippen molar-refractivity contribution in [2.24, 2.45) is 0 Å². The number of piperazine rings is 1. The Hall–Kier alpha value is -4.36. The molecule has 0 radical (unpaired) electrons. The van der Waals surface area contributed by atoms with E-state index in [0.29, 0.717) is 31.1 Å². The van der Waals surface area contributed by atoms with Crippen LogP contribution in [0.15, 0.2) is 103 Å². The Bertz CT molecular complexity index is 1620. The molecule has 0 aliphatic carbocycles. The average molecular weight is 550 g/mol. The van der Waals surface area contributed by atoms with E-state index >= 15 is 0 Å². The van der Waals surface area contributed by atoms with Crippen molar-refractivity contribution in [1.29, 1.82) is 5.41 Å². The summed E-state index contributed by atoms with van der Waals surface area (Å²) in [6, 6.07) is 33.8. The first-order valence-electron chi connectivity index (χ1n) is 14.4. The Balaban J connectivity index is 1.08. The maximum Gasteiger partial charge on any atom is 0.203 e. The van der Waals surface area contributed by atoms with Gasteiger partial charge in [0.25, 0.3) is 0 Å². The van der Waals surface area contributed by atoms with Crippen LogP contribution in [0.5, 0.6) is 5.75 Å². The van der Waals surface area contributed by atoms with Crippen molar-refractivity contribution in [2.75, 3.05) is 37.7 Å². The fraction of sp³-hybridized carbons (Fsp3) is 0.265. The zero-order valence-corrected chi connectivity index (χ0v) is 23.3. The SMILES string of the molecule is N=c1n(CCCOc2ccc(F)cc2)c2ccccc2n1Cc1ccc(N2CCN(Cc3ccccc3)CC2)cc1. The zero-order chi connectivity index (χ0) is 28.0. The molecule has 1 aromatic heterocycles. The highest BCUT2D eigenvalue weighted by atomic mass is 19.1. The number of aromatic nitrogens is 2. The lowest BCUT2D eigenvalue weighted by molar-refractivity contribution is 0.250. The molecule has 0 saturated carbocycles. The molecule has 1 N–H and O–H groups in total. The summed E-state index contributed by atoms with van der Waals surface area (Å²) in [5.41, 5.74) is 6.38. The van der Waals surface area contributed by atoms with Gasteiger partial charge < -0.3 is 18.8 Å². The van der Waals surface area contributed by atoms with Crippen LogP contribution in [0, 0.1) is 11.2 Å². The summed E-state index contributed by atoms with van der Waals surface area (Å²) in [4.78, 5) is 4.99. The molecule has 4 aromatic carbocycles. The van der Waals surface area contributed by atoms with Gasteiger partial charge in [-0.1, -0.05) is 54.6 Å². The molecule has 41 heavy (non-hydrogen) atoms. The van der Waals surface area contributed by atoms with Gasteiger partial charge in [0.1, 0.15) is 11.6 Å². The van der Waals surface area contributed by atoms with Crippen LogP contribution in [0.3, 0.4) is 0 Å². The number of nitrogens with one attached hydrogen (secondary N) is 1. The van der Waals surface area contributed by atoms with E-state index in [1.54, 1.807) is 12.1 Å². The standard InChI is InChI=1S/C34H36FN5O/c35-29-13-17-31(18-14-29)41-24-6-19-39-32-9-4-5-10-33(32)40(34(39)36)26-28-11-15-30(16-12-28)38-22-20-37(21-23-38)25-27-7-2-1-3-8-27/h1-5,7-18,36H,6,19-26H2. The highest BCUT2D eigenvalue weighted by Gasteiger charge is 2.17. The van der Waals surface area contributed by atoms with Crippen molar-refractivity contribution in [3.8, 4) is 5.75 Å². The molecule has 0 spiro atoms. The van der Waals surface area contributed by atoms with E-state index in [2.05, 4.69) is 81.1 Å². The van der Waals surface area contributed by atoms with E-state index in [1.165, 1.54) is 28.9 Å². The lowest BCUT2D eigenvalue weighted by Crippen LogP contribution is -2.45. The fourth-order valence-electron chi connectivity index (χ4n) is 5.63. The first-order valence-corrected chi connectivity index (χ1v) is 14.4. The molecule has 0 bridgehead atoms. The first kappa shape index (κ1) is 26.8. The predicted molar refractivity (Wildman–Crippen MR) is 162 cm³/mol. The molecular weight excluding hydrogens is 513 g/mol. The van der Waals surface area contributed by atoms with Crippen LogP contribution >= 0.6 is 0 Å². The molecule has 0 amide bonds. The Kier molecular flexibility index (Phi) is 8.14. The zero-order valence-electron chi connectivity index (χ0n) is 23.3. The molecule has 5 aromatic rings. The third kappa shape index (κ3) is 6.36. The second-order valence-corrected chi connectivity index (χ2v) is 10.6. The Morgan fingerprint density at radius 3 is 2.00 bits per heavy atom. The summed E-state index contributed by atoms with van der Waals surface area (Å²) in [6.45, 7) is 6.99. The number of hydrogen-bond acceptors (Lipinski definition) is 4. The number of para-hydroxylation sites is 2. The molecule has 0 atom stereocenters. The maximum atomic E-state index is 13.1. The monoisotopic (exact) mass is 549 g/mol. The minimum Gasteiger partial charge on any atom is -0.494 e. The lowest BCUT2D eigenvalue weighted by atomic mass is 10.1. The van der Waals surface area contributed by atoms with E-state index < -0.39 is 0 Å². The van der Waals surface area contributed by atoms with Crippen molar-refractivity contribution in [3.63, 3.8) is 0 Å². The predicted octanol–water partition coefficient (Wildman–Crippen LogP) is 5.90. The number of aryl methyl sites for hydroxylation is 1. The van der Waals surface area contributed by atoms with Crippen LogP contribution in [-0.2, 0) is 19.6 Å². The minimum atomic E-state index is -0.272. The van der Waals surface area contributed by atoms with E-state index in [4.69, 9.17) is 10.1 Å². The molecule has 7 heteroatoms. The summed E-state index contributed by atoms with van der Waals surface area (Å²) in [5.74, 6) is 0.383. The van der Waals surface area contributed by atoms with Crippen LogP contribution in [0.2, 0.25) is 0 Å². The third-order valence-corrected chi connectivity index (χ3v) is 7.85. The maximum absolute atomic E-state index is 13.1. The number of imidazole rings is 1. The van der Waals surface area contributed by atoms with Crippen molar-refractivity contribution in [2.45, 2.75) is 26.1 Å². The number of halogens is 1. The highest BCUT2D eigenvalue weighted by Crippen LogP contribution is 2.20. The average Bonchev–Trinajstić information content (AvgIpc) is 3.27. The van der Waals surface area contributed by atoms with Gasteiger partial charge in [-0.2, -0.15) is 0 Å². The number of nitrogens with zero attached hydrogens (tertiary/aromatic N) is 4. The second kappa shape index (κ2) is 12.4. The molecule has 6 rings (SSSR count). The van der Waals surface area contributed by atoms with Crippen LogP contribution in [0.1, 0.15) is 17.5 Å². The second-order valence-electron chi connectivity index (χ2n) is 10.6. The Morgan fingerprint density at radius 1 is 0.659 bits per heavy atom. The van der Waals surface area contributed by atoms with Crippen molar-refractivity contribution in [1.82, 2.24) is 14.0 Å². The number of hydrogen-bond donors (Lipinski definition) is 1. The van der Waals surface area contributed by atoms with Gasteiger partial charge in [0.2, 0.25) is 5.62 Å². The number of rotatable bonds is 10. The van der Waals surface area contributed by atoms with Crippen LogP contribution in [0.25, 0.3) is 11.0 Å². The highest BCUT2D eigenvalue weighted by molar-refractivity contribution is 5.76. The van der Waals surface area contributed by atoms with Crippen molar-refractivity contribution < 1.29 is 9.13 Å². The fourth-order valence-corrected chi connectivity index (χ4v) is 5.63. The van der Waals surface area contributed by atoms with E-state index in [0.717, 1.165) is 50.2 Å². The van der Waals surface area contributed by atoms with Gasteiger partial charge in [0.05, 0.1) is 24.2 Å². The topological polar surface area (TPSA) is 49.4 Å². The first-order chi connectivity index (χ1) is 20.1. The summed E-state index contributed by atoms with van der Waals surface area (Å²) >= 11 is 0. The lowest BCUT2D eigenvalue weighted by Gasteiger charge is -2.36. The van der Waals surface area contributed by atoms with E-state index in [9.17, 15) is 4.39 Å². The molecule has 6 nitrogen and oxygen atoms in total. The summed E-state index contributed by atoms with van der Waals surface area (Å²) < 4.78 is 23.0. The molecule has 2 heterocycles. The Labute approximate surface area is 240 Å². The van der Waals surface area contributed by atoms with Crippen molar-refractivity contribution in [3.05, 3.63) is 126 Å². The number of benzene rings is 4. The molecule has 1 fully saturated rings. The van der Waals surface area contributed by atoms with Crippen LogP contribution in [0.4, 0.5) is 10.1 Å². The van der Waals surface area contributed by atoms with E-state index in [-0.39, 0.29) is 5.82 Å². The number of anilines is 1.